The molecule has 65 valence electrons. The fourth-order valence-corrected chi connectivity index (χ4v) is 1.32. The lowest BCUT2D eigenvalue weighted by molar-refractivity contribution is 0.560. The number of rotatable bonds is 0. The van der Waals surface area contributed by atoms with E-state index in [4.69, 9.17) is 10.2 Å². The molecule has 13 heavy (non-hydrogen) atoms. The molecule has 0 aliphatic heterocycles. The Hall–Kier alpha value is -1.77. The summed E-state index contributed by atoms with van der Waals surface area (Å²) >= 11 is 0. The van der Waals surface area contributed by atoms with Gasteiger partial charge >= 0.3 is 5.63 Å². The smallest absolute Gasteiger partial charge is 0.336 e. The summed E-state index contributed by atoms with van der Waals surface area (Å²) in [4.78, 5) is 11.0. The zero-order chi connectivity index (χ0) is 9.42. The van der Waals surface area contributed by atoms with Gasteiger partial charge in [0, 0.05) is 11.5 Å². The molecule has 0 spiro atoms. The normalized spacial score (nSPS) is 10.5. The Morgan fingerprint density at radius 1 is 1.31 bits per heavy atom. The summed E-state index contributed by atoms with van der Waals surface area (Å²) in [5.74, 6) is 0. The molecule has 0 unspecified atom stereocenters. The zero-order valence-electron chi connectivity index (χ0n) is 7.13. The summed E-state index contributed by atoms with van der Waals surface area (Å²) in [6.45, 7) is 1.83. The van der Waals surface area contributed by atoms with Crippen molar-refractivity contribution in [1.82, 2.24) is 5.73 Å². The average molecular weight is 174 g/mol. The van der Waals surface area contributed by atoms with Crippen LogP contribution in [0.4, 0.5) is 5.69 Å². The number of hydrogen-bond donors (Lipinski definition) is 0. The molecule has 0 aliphatic rings. The summed E-state index contributed by atoms with van der Waals surface area (Å²) in [7, 11) is 0. The molecule has 0 atom stereocenters. The van der Waals surface area contributed by atoms with E-state index in [-0.39, 0.29) is 5.63 Å². The van der Waals surface area contributed by atoms with Crippen LogP contribution in [0, 0.1) is 6.92 Å². The first kappa shape index (κ1) is 7.86. The highest BCUT2D eigenvalue weighted by Crippen LogP contribution is 2.19. The molecule has 3 heteroatoms. The number of hydrogen-bond acceptors (Lipinski definition) is 2. The van der Waals surface area contributed by atoms with E-state index < -0.39 is 0 Å². The minimum atomic E-state index is -0.345. The standard InChI is InChI=1S/C10H8NO2/c1-6-4-10(12)13-9-3-2-7(11)5-8(6)9/h2-5,11H,1H3. The van der Waals surface area contributed by atoms with Crippen LogP contribution in [0.15, 0.2) is 33.5 Å². The largest absolute Gasteiger partial charge is 0.423 e. The summed E-state index contributed by atoms with van der Waals surface area (Å²) < 4.78 is 4.96. The minimum absolute atomic E-state index is 0.345. The van der Waals surface area contributed by atoms with Gasteiger partial charge in [0.25, 0.3) is 0 Å². The lowest BCUT2D eigenvalue weighted by Gasteiger charge is -1.99. The molecule has 1 N–H and O–H groups in total. The Bertz CT molecular complexity index is 514. The maximum atomic E-state index is 11.0. The fourth-order valence-electron chi connectivity index (χ4n) is 1.32. The third kappa shape index (κ3) is 1.28. The van der Waals surface area contributed by atoms with E-state index in [0.717, 1.165) is 10.9 Å². The Morgan fingerprint density at radius 2 is 2.08 bits per heavy atom. The predicted molar refractivity (Wildman–Crippen MR) is 50.0 cm³/mol. The molecule has 0 bridgehead atoms. The van der Waals surface area contributed by atoms with Crippen molar-refractivity contribution in [1.29, 1.82) is 0 Å². The molecule has 3 nitrogen and oxygen atoms in total. The molecule has 0 aliphatic carbocycles. The van der Waals surface area contributed by atoms with Gasteiger partial charge in [-0.2, -0.15) is 0 Å². The third-order valence-electron chi connectivity index (χ3n) is 1.95. The predicted octanol–water partition coefficient (Wildman–Crippen LogP) is 2.02. The monoisotopic (exact) mass is 174 g/mol. The Labute approximate surface area is 74.8 Å². The summed E-state index contributed by atoms with van der Waals surface area (Å²) in [6.07, 6.45) is 0. The lowest BCUT2D eigenvalue weighted by Crippen LogP contribution is -1.97. The third-order valence-corrected chi connectivity index (χ3v) is 1.95. The first-order chi connectivity index (χ1) is 6.16. The number of nitrogens with one attached hydrogen (secondary N) is 1. The molecule has 0 saturated carbocycles. The summed E-state index contributed by atoms with van der Waals surface area (Å²) in [5, 5.41) is 0.826. The number of benzene rings is 1. The van der Waals surface area contributed by atoms with E-state index in [2.05, 4.69) is 0 Å². The minimum Gasteiger partial charge on any atom is -0.423 e. The zero-order valence-corrected chi connectivity index (χ0v) is 7.13. The van der Waals surface area contributed by atoms with Crippen molar-refractivity contribution in [2.45, 2.75) is 6.92 Å². The van der Waals surface area contributed by atoms with Gasteiger partial charge in [-0.05, 0) is 30.7 Å². The maximum Gasteiger partial charge on any atom is 0.336 e. The number of fused-ring (bicyclic) bond motifs is 1. The van der Waals surface area contributed by atoms with Gasteiger partial charge < -0.3 is 10.2 Å². The van der Waals surface area contributed by atoms with Gasteiger partial charge in [-0.1, -0.05) is 0 Å². The molecule has 0 fully saturated rings. The topological polar surface area (TPSA) is 54.0 Å². The summed E-state index contributed by atoms with van der Waals surface area (Å²) in [6, 6.07) is 6.37. The SMILES string of the molecule is Cc1cc(=O)oc2ccc([NH])cc12. The molecule has 1 aromatic heterocycles. The van der Waals surface area contributed by atoms with Crippen LogP contribution in [0.3, 0.4) is 0 Å². The Kier molecular flexibility index (Phi) is 1.59. The van der Waals surface area contributed by atoms with E-state index in [1.165, 1.54) is 6.07 Å². The number of aryl methyl sites for hydroxylation is 1. The first-order valence-electron chi connectivity index (χ1n) is 3.93. The van der Waals surface area contributed by atoms with E-state index in [0.29, 0.717) is 11.3 Å². The fraction of sp³-hybridized carbons (Fsp3) is 0.100. The van der Waals surface area contributed by atoms with Crippen LogP contribution >= 0.6 is 0 Å². The second-order valence-electron chi connectivity index (χ2n) is 2.96. The maximum absolute atomic E-state index is 11.0. The highest BCUT2D eigenvalue weighted by atomic mass is 16.4. The Morgan fingerprint density at radius 3 is 2.85 bits per heavy atom. The summed E-state index contributed by atoms with van der Waals surface area (Å²) in [5.41, 5.74) is 8.87. The molecule has 2 rings (SSSR count). The highest BCUT2D eigenvalue weighted by molar-refractivity contribution is 5.82. The van der Waals surface area contributed by atoms with Crippen molar-refractivity contribution >= 4 is 16.7 Å². The van der Waals surface area contributed by atoms with Crippen LogP contribution < -0.4 is 11.4 Å². The quantitative estimate of drug-likeness (QED) is 0.573. The van der Waals surface area contributed by atoms with Crippen molar-refractivity contribution in [3.8, 4) is 0 Å². The molecule has 0 saturated heterocycles. The van der Waals surface area contributed by atoms with E-state index in [1.807, 2.05) is 6.92 Å². The highest BCUT2D eigenvalue weighted by Gasteiger charge is 2.01. The van der Waals surface area contributed by atoms with Crippen LogP contribution in [0.2, 0.25) is 0 Å². The van der Waals surface area contributed by atoms with Crippen LogP contribution in [0.1, 0.15) is 5.56 Å². The van der Waals surface area contributed by atoms with Gasteiger partial charge in [-0.15, -0.1) is 0 Å². The molecule has 1 aromatic carbocycles. The van der Waals surface area contributed by atoms with Crippen molar-refractivity contribution in [3.05, 3.63) is 40.2 Å². The molecular weight excluding hydrogens is 166 g/mol. The van der Waals surface area contributed by atoms with Gasteiger partial charge in [0.2, 0.25) is 0 Å². The lowest BCUT2D eigenvalue weighted by atomic mass is 10.1. The Balaban J connectivity index is 2.95. The van der Waals surface area contributed by atoms with Crippen LogP contribution in [0.5, 0.6) is 0 Å². The molecule has 2 aromatic rings. The van der Waals surface area contributed by atoms with E-state index >= 15 is 0 Å². The average Bonchev–Trinajstić information content (AvgIpc) is 2.06. The van der Waals surface area contributed by atoms with Crippen molar-refractivity contribution in [3.63, 3.8) is 0 Å². The van der Waals surface area contributed by atoms with Gasteiger partial charge in [-0.25, -0.2) is 4.79 Å². The second kappa shape index (κ2) is 2.62. The van der Waals surface area contributed by atoms with Gasteiger partial charge in [-0.3, -0.25) is 0 Å². The van der Waals surface area contributed by atoms with Crippen molar-refractivity contribution in [2.24, 2.45) is 0 Å². The molecule has 1 radical (unpaired) electrons. The van der Waals surface area contributed by atoms with Crippen molar-refractivity contribution < 1.29 is 4.42 Å². The van der Waals surface area contributed by atoms with E-state index in [9.17, 15) is 4.79 Å². The van der Waals surface area contributed by atoms with Crippen LogP contribution in [-0.2, 0) is 0 Å². The molecular formula is C10H8NO2. The molecule has 1 heterocycles. The van der Waals surface area contributed by atoms with Crippen LogP contribution in [0.25, 0.3) is 11.0 Å². The molecule has 0 amide bonds. The van der Waals surface area contributed by atoms with Crippen LogP contribution in [-0.4, -0.2) is 0 Å². The van der Waals surface area contributed by atoms with Gasteiger partial charge in [0.1, 0.15) is 5.58 Å². The van der Waals surface area contributed by atoms with Crippen molar-refractivity contribution in [2.75, 3.05) is 0 Å². The van der Waals surface area contributed by atoms with E-state index in [1.54, 1.807) is 18.2 Å². The first-order valence-corrected chi connectivity index (χ1v) is 3.93. The van der Waals surface area contributed by atoms with Gasteiger partial charge in [0.05, 0.1) is 5.69 Å². The second-order valence-corrected chi connectivity index (χ2v) is 2.96. The van der Waals surface area contributed by atoms with Gasteiger partial charge in [0.15, 0.2) is 0 Å².